The Bertz CT molecular complexity index is 728. The SMILES string of the molecule is CC(C)(SCCCCCCCO)C(O)(Cn1cncn1)c1ccc(F)cc1F. The Balaban J connectivity index is 2.15. The van der Waals surface area contributed by atoms with E-state index in [1.807, 2.05) is 13.8 Å². The summed E-state index contributed by atoms with van der Waals surface area (Å²) in [7, 11) is 0. The van der Waals surface area contributed by atoms with Gasteiger partial charge in [-0.15, -0.1) is 0 Å². The molecule has 0 amide bonds. The molecule has 1 atom stereocenters. The molecule has 0 saturated carbocycles. The van der Waals surface area contributed by atoms with E-state index in [4.69, 9.17) is 5.11 Å². The molecule has 28 heavy (non-hydrogen) atoms. The monoisotopic (exact) mass is 413 g/mol. The molecule has 156 valence electrons. The Kier molecular flexibility index (Phi) is 8.39. The van der Waals surface area contributed by atoms with E-state index in [1.54, 1.807) is 11.8 Å². The average Bonchev–Trinajstić information content (AvgIpc) is 3.13. The van der Waals surface area contributed by atoms with E-state index < -0.39 is 22.0 Å². The quantitative estimate of drug-likeness (QED) is 0.517. The van der Waals surface area contributed by atoms with Gasteiger partial charge in [0.05, 0.1) is 6.54 Å². The van der Waals surface area contributed by atoms with Crippen LogP contribution in [0.3, 0.4) is 0 Å². The summed E-state index contributed by atoms with van der Waals surface area (Å²) >= 11 is 1.56. The molecule has 0 aliphatic carbocycles. The molecule has 0 radical (unpaired) electrons. The summed E-state index contributed by atoms with van der Waals surface area (Å²) < 4.78 is 28.7. The second kappa shape index (κ2) is 10.3. The molecule has 0 bridgehead atoms. The van der Waals surface area contributed by atoms with Crippen LogP contribution in [0.25, 0.3) is 0 Å². The Morgan fingerprint density at radius 2 is 1.82 bits per heavy atom. The fourth-order valence-electron chi connectivity index (χ4n) is 3.16. The zero-order chi connectivity index (χ0) is 20.6. The molecule has 1 aromatic heterocycles. The minimum absolute atomic E-state index is 0.00600. The van der Waals surface area contributed by atoms with Gasteiger partial charge >= 0.3 is 0 Å². The first-order valence-corrected chi connectivity index (χ1v) is 10.5. The predicted molar refractivity (Wildman–Crippen MR) is 107 cm³/mol. The van der Waals surface area contributed by atoms with Crippen molar-refractivity contribution in [3.05, 3.63) is 48.1 Å². The number of aliphatic hydroxyl groups is 2. The van der Waals surface area contributed by atoms with Crippen LogP contribution in [0.5, 0.6) is 0 Å². The average molecular weight is 414 g/mol. The van der Waals surface area contributed by atoms with E-state index in [1.165, 1.54) is 23.4 Å². The molecule has 2 rings (SSSR count). The fourth-order valence-corrected chi connectivity index (χ4v) is 4.44. The maximum absolute atomic E-state index is 14.6. The van der Waals surface area contributed by atoms with Gasteiger partial charge in [0.25, 0.3) is 0 Å². The summed E-state index contributed by atoms with van der Waals surface area (Å²) in [5, 5.41) is 24.5. The van der Waals surface area contributed by atoms with Crippen molar-refractivity contribution in [2.75, 3.05) is 12.4 Å². The summed E-state index contributed by atoms with van der Waals surface area (Å²) in [5.41, 5.74) is -1.56. The normalized spacial score (nSPS) is 14.2. The summed E-state index contributed by atoms with van der Waals surface area (Å²) in [4.78, 5) is 3.89. The molecule has 2 N–H and O–H groups in total. The number of hydrogen-bond donors (Lipinski definition) is 2. The molecular weight excluding hydrogens is 384 g/mol. The lowest BCUT2D eigenvalue weighted by atomic mass is 9.82. The minimum atomic E-state index is -1.61. The van der Waals surface area contributed by atoms with Crippen molar-refractivity contribution >= 4 is 11.8 Å². The van der Waals surface area contributed by atoms with Crippen LogP contribution in [0.2, 0.25) is 0 Å². The maximum atomic E-state index is 14.6. The van der Waals surface area contributed by atoms with Crippen molar-refractivity contribution in [2.45, 2.75) is 62.8 Å². The highest BCUT2D eigenvalue weighted by molar-refractivity contribution is 8.00. The third kappa shape index (κ3) is 5.75. The number of unbranched alkanes of at least 4 members (excludes halogenated alkanes) is 4. The van der Waals surface area contributed by atoms with Gasteiger partial charge in [-0.05, 0) is 38.5 Å². The van der Waals surface area contributed by atoms with Crippen LogP contribution in [-0.4, -0.2) is 42.1 Å². The first-order valence-electron chi connectivity index (χ1n) is 9.55. The standard InChI is InChI=1S/C20H29F2N3O2S/c1-19(2,28-11-7-5-3-4-6-10-26)20(27,13-25-15-23-14-24-25)17-9-8-16(21)12-18(17)22/h8-9,12,14-15,26-27H,3-7,10-11,13H2,1-2H3. The molecule has 0 saturated heterocycles. The number of halogens is 2. The number of nitrogens with zero attached hydrogens (tertiary/aromatic N) is 3. The van der Waals surface area contributed by atoms with E-state index in [0.29, 0.717) is 0 Å². The van der Waals surface area contributed by atoms with E-state index >= 15 is 0 Å². The predicted octanol–water partition coefficient (Wildman–Crippen LogP) is 3.90. The van der Waals surface area contributed by atoms with Gasteiger partial charge in [-0.25, -0.2) is 18.4 Å². The molecule has 0 aliphatic heterocycles. The van der Waals surface area contributed by atoms with Gasteiger partial charge in [0.15, 0.2) is 0 Å². The van der Waals surface area contributed by atoms with Crippen LogP contribution in [0.1, 0.15) is 51.5 Å². The van der Waals surface area contributed by atoms with E-state index in [0.717, 1.165) is 50.0 Å². The highest BCUT2D eigenvalue weighted by Gasteiger charge is 2.47. The van der Waals surface area contributed by atoms with Gasteiger partial charge in [0.1, 0.15) is 29.9 Å². The molecule has 8 heteroatoms. The van der Waals surface area contributed by atoms with Crippen molar-refractivity contribution in [1.82, 2.24) is 14.8 Å². The number of aromatic nitrogens is 3. The zero-order valence-electron chi connectivity index (χ0n) is 16.4. The fraction of sp³-hybridized carbons (Fsp3) is 0.600. The van der Waals surface area contributed by atoms with Crippen LogP contribution in [0, 0.1) is 11.6 Å². The summed E-state index contributed by atoms with van der Waals surface area (Å²) in [6, 6.07) is 3.26. The Morgan fingerprint density at radius 3 is 2.46 bits per heavy atom. The molecule has 0 spiro atoms. The topological polar surface area (TPSA) is 71.2 Å². The van der Waals surface area contributed by atoms with Gasteiger partial charge in [0.2, 0.25) is 0 Å². The summed E-state index contributed by atoms with van der Waals surface area (Å²) in [5.74, 6) is -0.660. The molecule has 5 nitrogen and oxygen atoms in total. The molecule has 1 unspecified atom stereocenters. The first-order chi connectivity index (χ1) is 13.3. The second-order valence-corrected chi connectivity index (χ2v) is 9.15. The minimum Gasteiger partial charge on any atom is -0.396 e. The lowest BCUT2D eigenvalue weighted by Crippen LogP contribution is -2.49. The van der Waals surface area contributed by atoms with E-state index in [-0.39, 0.29) is 18.7 Å². The lowest BCUT2D eigenvalue weighted by Gasteiger charge is -2.42. The third-order valence-corrected chi connectivity index (χ3v) is 6.55. The third-order valence-electron chi connectivity index (χ3n) is 5.00. The molecule has 1 heterocycles. The van der Waals surface area contributed by atoms with Crippen molar-refractivity contribution in [3.8, 4) is 0 Å². The van der Waals surface area contributed by atoms with Crippen molar-refractivity contribution in [3.63, 3.8) is 0 Å². The molecule has 0 aliphatic rings. The van der Waals surface area contributed by atoms with Crippen LogP contribution in [0.15, 0.2) is 30.9 Å². The highest BCUT2D eigenvalue weighted by atomic mass is 32.2. The number of thioether (sulfide) groups is 1. The van der Waals surface area contributed by atoms with Gasteiger partial charge < -0.3 is 10.2 Å². The number of benzene rings is 1. The maximum Gasteiger partial charge on any atom is 0.137 e. The lowest BCUT2D eigenvalue weighted by molar-refractivity contribution is -0.0169. The Hall–Kier alpha value is -1.51. The summed E-state index contributed by atoms with van der Waals surface area (Å²) in [6.07, 6.45) is 7.70. The van der Waals surface area contributed by atoms with Crippen LogP contribution >= 0.6 is 11.8 Å². The molecular formula is C20H29F2N3O2S. The summed E-state index contributed by atoms with van der Waals surface area (Å²) in [6.45, 7) is 3.96. The second-order valence-electron chi connectivity index (χ2n) is 7.43. The zero-order valence-corrected chi connectivity index (χ0v) is 17.3. The first kappa shape index (κ1) is 22.8. The number of rotatable bonds is 12. The molecule has 0 fully saturated rings. The van der Waals surface area contributed by atoms with Crippen molar-refractivity contribution < 1.29 is 19.0 Å². The highest BCUT2D eigenvalue weighted by Crippen LogP contribution is 2.45. The van der Waals surface area contributed by atoms with Gasteiger partial charge in [-0.2, -0.15) is 16.9 Å². The Labute approximate surface area is 169 Å². The van der Waals surface area contributed by atoms with Crippen LogP contribution < -0.4 is 0 Å². The Morgan fingerprint density at radius 1 is 1.11 bits per heavy atom. The van der Waals surface area contributed by atoms with Gasteiger partial charge in [0, 0.05) is 23.0 Å². The van der Waals surface area contributed by atoms with Gasteiger partial charge in [-0.3, -0.25) is 0 Å². The van der Waals surface area contributed by atoms with Gasteiger partial charge in [-0.1, -0.05) is 25.3 Å². The number of hydrogen-bond acceptors (Lipinski definition) is 5. The van der Waals surface area contributed by atoms with E-state index in [2.05, 4.69) is 10.1 Å². The van der Waals surface area contributed by atoms with Crippen LogP contribution in [0.4, 0.5) is 8.78 Å². The largest absolute Gasteiger partial charge is 0.396 e. The van der Waals surface area contributed by atoms with Crippen molar-refractivity contribution in [2.24, 2.45) is 0 Å². The van der Waals surface area contributed by atoms with Crippen molar-refractivity contribution in [1.29, 1.82) is 0 Å². The molecule has 1 aromatic carbocycles. The van der Waals surface area contributed by atoms with E-state index in [9.17, 15) is 13.9 Å². The molecule has 2 aromatic rings. The van der Waals surface area contributed by atoms with Crippen LogP contribution in [-0.2, 0) is 12.1 Å². The smallest absolute Gasteiger partial charge is 0.137 e. The number of aliphatic hydroxyl groups excluding tert-OH is 1.